The molecule has 2 amide bonds. The molecule has 0 atom stereocenters. The molecule has 2 rings (SSSR count). The average molecular weight is 433 g/mol. The van der Waals surface area contributed by atoms with Gasteiger partial charge in [0, 0.05) is 22.3 Å². The number of aryl methyl sites for hydroxylation is 2. The van der Waals surface area contributed by atoms with Crippen LogP contribution >= 0.6 is 15.9 Å². The van der Waals surface area contributed by atoms with Crippen molar-refractivity contribution in [2.45, 2.75) is 33.6 Å². The third kappa shape index (κ3) is 6.40. The van der Waals surface area contributed by atoms with Gasteiger partial charge in [0.05, 0.1) is 0 Å². The van der Waals surface area contributed by atoms with E-state index < -0.39 is 0 Å². The Morgan fingerprint density at radius 3 is 2.48 bits per heavy atom. The minimum absolute atomic E-state index is 0.101. The highest BCUT2D eigenvalue weighted by Crippen LogP contribution is 2.27. The molecule has 0 unspecified atom stereocenters. The first-order valence-electron chi connectivity index (χ1n) is 8.98. The summed E-state index contributed by atoms with van der Waals surface area (Å²) in [6.45, 7) is 6.49. The van der Waals surface area contributed by atoms with Gasteiger partial charge in [-0.15, -0.1) is 0 Å². The molecular formula is C21H25BrN2O3. The number of carbonyl (C=O) groups excluding carboxylic acids is 2. The van der Waals surface area contributed by atoms with Gasteiger partial charge in [-0.2, -0.15) is 0 Å². The van der Waals surface area contributed by atoms with E-state index in [4.69, 9.17) is 4.74 Å². The smallest absolute Gasteiger partial charge is 0.262 e. The van der Waals surface area contributed by atoms with Gasteiger partial charge in [0.15, 0.2) is 6.61 Å². The van der Waals surface area contributed by atoms with Crippen molar-refractivity contribution in [2.24, 2.45) is 0 Å². The van der Waals surface area contributed by atoms with Gasteiger partial charge in [0.25, 0.3) is 11.8 Å². The maximum Gasteiger partial charge on any atom is 0.262 e. The van der Waals surface area contributed by atoms with E-state index in [2.05, 4.69) is 33.5 Å². The van der Waals surface area contributed by atoms with Crippen LogP contribution in [0, 0.1) is 13.8 Å². The second-order valence-corrected chi connectivity index (χ2v) is 7.31. The molecule has 2 aromatic rings. The second-order valence-electron chi connectivity index (χ2n) is 6.40. The van der Waals surface area contributed by atoms with Crippen molar-refractivity contribution in [3.8, 4) is 5.75 Å². The molecule has 0 aliphatic carbocycles. The zero-order valence-electron chi connectivity index (χ0n) is 15.9. The Labute approximate surface area is 168 Å². The number of nitrogens with one attached hydrogen (secondary N) is 2. The van der Waals surface area contributed by atoms with Crippen LogP contribution in [0.25, 0.3) is 0 Å². The van der Waals surface area contributed by atoms with Crippen molar-refractivity contribution >= 4 is 33.4 Å². The molecule has 0 heterocycles. The standard InChI is InChI=1S/C21H25BrN2O3/c1-4-5-9-23-21(26)16-7-6-8-18(12-16)24-19(25)13-27-20-14(2)10-17(22)11-15(20)3/h6-8,10-12H,4-5,9,13H2,1-3H3,(H,23,26)(H,24,25). The summed E-state index contributed by atoms with van der Waals surface area (Å²) in [7, 11) is 0. The molecule has 2 N–H and O–H groups in total. The van der Waals surface area contributed by atoms with Crippen molar-refractivity contribution in [1.29, 1.82) is 0 Å². The fraction of sp³-hybridized carbons (Fsp3) is 0.333. The van der Waals surface area contributed by atoms with Crippen LogP contribution in [-0.4, -0.2) is 25.0 Å². The second kappa shape index (κ2) is 10.1. The quantitative estimate of drug-likeness (QED) is 0.598. The predicted octanol–water partition coefficient (Wildman–Crippen LogP) is 4.61. The van der Waals surface area contributed by atoms with Crippen LogP contribution in [-0.2, 0) is 4.79 Å². The van der Waals surface area contributed by atoms with E-state index in [9.17, 15) is 9.59 Å². The molecule has 144 valence electrons. The van der Waals surface area contributed by atoms with Gasteiger partial charge in [-0.3, -0.25) is 9.59 Å². The lowest BCUT2D eigenvalue weighted by atomic mass is 10.1. The zero-order valence-corrected chi connectivity index (χ0v) is 17.5. The molecule has 0 aliphatic heterocycles. The maximum atomic E-state index is 12.2. The minimum Gasteiger partial charge on any atom is -0.483 e. The lowest BCUT2D eigenvalue weighted by Gasteiger charge is -2.13. The van der Waals surface area contributed by atoms with E-state index in [1.54, 1.807) is 24.3 Å². The number of ether oxygens (including phenoxy) is 1. The Morgan fingerprint density at radius 1 is 1.11 bits per heavy atom. The first-order valence-corrected chi connectivity index (χ1v) is 9.77. The fourth-order valence-corrected chi connectivity index (χ4v) is 3.37. The number of anilines is 1. The molecular weight excluding hydrogens is 408 g/mol. The van der Waals surface area contributed by atoms with Crippen LogP contribution in [0.4, 0.5) is 5.69 Å². The number of hydrogen-bond donors (Lipinski definition) is 2. The molecule has 27 heavy (non-hydrogen) atoms. The summed E-state index contributed by atoms with van der Waals surface area (Å²) in [5, 5.41) is 5.64. The minimum atomic E-state index is -0.278. The van der Waals surface area contributed by atoms with Crippen LogP contribution < -0.4 is 15.4 Å². The first kappa shape index (κ1) is 21.0. The van der Waals surface area contributed by atoms with E-state index >= 15 is 0 Å². The Balaban J connectivity index is 1.94. The van der Waals surface area contributed by atoms with Gasteiger partial charge in [0.2, 0.25) is 0 Å². The molecule has 6 heteroatoms. The summed E-state index contributed by atoms with van der Waals surface area (Å²) in [5.41, 5.74) is 3.00. The van der Waals surface area contributed by atoms with Gasteiger partial charge < -0.3 is 15.4 Å². The van der Waals surface area contributed by atoms with E-state index in [0.717, 1.165) is 28.4 Å². The summed E-state index contributed by atoms with van der Waals surface area (Å²) in [6.07, 6.45) is 1.96. The lowest BCUT2D eigenvalue weighted by Crippen LogP contribution is -2.25. The molecule has 0 spiro atoms. The number of amides is 2. The number of hydrogen-bond acceptors (Lipinski definition) is 3. The van der Waals surface area contributed by atoms with E-state index in [1.165, 1.54) is 0 Å². The monoisotopic (exact) mass is 432 g/mol. The average Bonchev–Trinajstić information content (AvgIpc) is 2.61. The van der Waals surface area contributed by atoms with Crippen LogP contribution in [0.5, 0.6) is 5.75 Å². The topological polar surface area (TPSA) is 67.4 Å². The highest BCUT2D eigenvalue weighted by Gasteiger charge is 2.10. The summed E-state index contributed by atoms with van der Waals surface area (Å²) in [6, 6.07) is 10.8. The van der Waals surface area contributed by atoms with Crippen LogP contribution in [0.1, 0.15) is 41.3 Å². The van der Waals surface area contributed by atoms with Crippen molar-refractivity contribution in [1.82, 2.24) is 5.32 Å². The summed E-state index contributed by atoms with van der Waals surface area (Å²) in [4.78, 5) is 24.3. The van der Waals surface area contributed by atoms with E-state index in [1.807, 2.05) is 26.0 Å². The molecule has 0 saturated carbocycles. The Bertz CT molecular complexity index is 798. The fourth-order valence-electron chi connectivity index (χ4n) is 2.68. The predicted molar refractivity (Wildman–Crippen MR) is 111 cm³/mol. The highest BCUT2D eigenvalue weighted by molar-refractivity contribution is 9.10. The van der Waals surface area contributed by atoms with Gasteiger partial charge in [-0.25, -0.2) is 0 Å². The Morgan fingerprint density at radius 2 is 1.81 bits per heavy atom. The SMILES string of the molecule is CCCCNC(=O)c1cccc(NC(=O)COc2c(C)cc(Br)cc2C)c1. The number of halogens is 1. The molecule has 0 fully saturated rings. The molecule has 0 bridgehead atoms. The van der Waals surface area contributed by atoms with Crippen LogP contribution in [0.3, 0.4) is 0 Å². The molecule has 5 nitrogen and oxygen atoms in total. The van der Waals surface area contributed by atoms with Crippen molar-refractivity contribution in [3.63, 3.8) is 0 Å². The van der Waals surface area contributed by atoms with Crippen molar-refractivity contribution in [2.75, 3.05) is 18.5 Å². The largest absolute Gasteiger partial charge is 0.483 e. The highest BCUT2D eigenvalue weighted by atomic mass is 79.9. The first-order chi connectivity index (χ1) is 12.9. The lowest BCUT2D eigenvalue weighted by molar-refractivity contribution is -0.118. The summed E-state index contributed by atoms with van der Waals surface area (Å²) < 4.78 is 6.66. The van der Waals surface area contributed by atoms with E-state index in [-0.39, 0.29) is 18.4 Å². The normalized spacial score (nSPS) is 10.4. The van der Waals surface area contributed by atoms with Crippen molar-refractivity contribution in [3.05, 3.63) is 57.6 Å². The molecule has 0 saturated heterocycles. The summed E-state index contributed by atoms with van der Waals surface area (Å²) >= 11 is 3.44. The van der Waals surface area contributed by atoms with Gasteiger partial charge >= 0.3 is 0 Å². The number of unbranched alkanes of at least 4 members (excludes halogenated alkanes) is 1. The van der Waals surface area contributed by atoms with Crippen LogP contribution in [0.15, 0.2) is 40.9 Å². The van der Waals surface area contributed by atoms with Crippen molar-refractivity contribution < 1.29 is 14.3 Å². The molecule has 0 radical (unpaired) electrons. The number of benzene rings is 2. The Hall–Kier alpha value is -2.34. The third-order valence-corrected chi connectivity index (χ3v) is 4.45. The zero-order chi connectivity index (χ0) is 19.8. The van der Waals surface area contributed by atoms with Gasteiger partial charge in [-0.05, 0) is 61.7 Å². The molecule has 2 aromatic carbocycles. The maximum absolute atomic E-state index is 12.2. The molecule has 0 aliphatic rings. The third-order valence-electron chi connectivity index (χ3n) is 4.00. The van der Waals surface area contributed by atoms with Gasteiger partial charge in [-0.1, -0.05) is 35.3 Å². The summed E-state index contributed by atoms with van der Waals surface area (Å²) in [5.74, 6) is 0.287. The van der Waals surface area contributed by atoms with Crippen LogP contribution in [0.2, 0.25) is 0 Å². The van der Waals surface area contributed by atoms with E-state index in [0.29, 0.717) is 23.5 Å². The van der Waals surface area contributed by atoms with Gasteiger partial charge in [0.1, 0.15) is 5.75 Å². The molecule has 0 aromatic heterocycles. The number of carbonyl (C=O) groups is 2. The number of rotatable bonds is 8. The Kier molecular flexibility index (Phi) is 7.85.